The molecule has 2 aromatic rings. The third-order valence-corrected chi connectivity index (χ3v) is 4.75. The normalized spacial score (nSPS) is 23.0. The molecule has 4 rings (SSSR count). The lowest BCUT2D eigenvalue weighted by Crippen LogP contribution is -2.47. The Balaban J connectivity index is 1.30. The minimum absolute atomic E-state index is 0.342. The van der Waals surface area contributed by atoms with Crippen molar-refractivity contribution in [2.75, 3.05) is 26.2 Å². The molecule has 2 aromatic carbocycles. The fourth-order valence-corrected chi connectivity index (χ4v) is 3.36. The molecule has 1 saturated carbocycles. The van der Waals surface area contributed by atoms with Crippen molar-refractivity contribution in [3.05, 3.63) is 48.0 Å². The average Bonchev–Trinajstić information content (AvgIpc) is 3.40. The zero-order valence-electron chi connectivity index (χ0n) is 13.0. The van der Waals surface area contributed by atoms with E-state index >= 15 is 0 Å². The molecule has 0 aromatic heterocycles. The Morgan fingerprint density at radius 1 is 1.09 bits per heavy atom. The molecule has 1 saturated heterocycles. The molecule has 2 aliphatic rings. The standard InChI is InChI=1S/C19H24N2O/c1-2-4-17-11-15(5-6-16(17)3-1)12-20-13-19-14-21(9-10-22-19)18-7-8-18/h1-6,11,18-20H,7-10,12-14H2. The van der Waals surface area contributed by atoms with E-state index in [2.05, 4.69) is 52.7 Å². The maximum absolute atomic E-state index is 5.89. The van der Waals surface area contributed by atoms with E-state index < -0.39 is 0 Å². The molecule has 3 nitrogen and oxygen atoms in total. The van der Waals surface area contributed by atoms with Gasteiger partial charge < -0.3 is 10.1 Å². The van der Waals surface area contributed by atoms with E-state index in [1.807, 2.05) is 0 Å². The molecule has 1 atom stereocenters. The molecule has 2 fully saturated rings. The number of fused-ring (bicyclic) bond motifs is 1. The number of morpholine rings is 1. The van der Waals surface area contributed by atoms with Crippen LogP contribution in [0.4, 0.5) is 0 Å². The Kier molecular flexibility index (Phi) is 4.11. The van der Waals surface area contributed by atoms with Crippen molar-refractivity contribution < 1.29 is 4.74 Å². The smallest absolute Gasteiger partial charge is 0.0826 e. The van der Waals surface area contributed by atoms with Gasteiger partial charge in [-0.1, -0.05) is 36.4 Å². The number of ether oxygens (including phenoxy) is 1. The summed E-state index contributed by atoms with van der Waals surface area (Å²) in [4.78, 5) is 2.60. The van der Waals surface area contributed by atoms with E-state index in [1.54, 1.807) is 0 Å². The molecule has 116 valence electrons. The van der Waals surface area contributed by atoms with Crippen LogP contribution in [0.25, 0.3) is 10.8 Å². The molecule has 3 heteroatoms. The SMILES string of the molecule is c1ccc2cc(CNCC3CN(C4CC4)CCO3)ccc2c1. The Hall–Kier alpha value is -1.42. The first-order chi connectivity index (χ1) is 10.9. The molecule has 1 unspecified atom stereocenters. The van der Waals surface area contributed by atoms with Gasteiger partial charge in [0.1, 0.15) is 0 Å². The van der Waals surface area contributed by atoms with Crippen LogP contribution in [0, 0.1) is 0 Å². The van der Waals surface area contributed by atoms with Gasteiger partial charge in [0.15, 0.2) is 0 Å². The molecule has 1 N–H and O–H groups in total. The third kappa shape index (κ3) is 3.32. The lowest BCUT2D eigenvalue weighted by molar-refractivity contribution is -0.0301. The Morgan fingerprint density at radius 3 is 2.82 bits per heavy atom. The van der Waals surface area contributed by atoms with Gasteiger partial charge in [0.2, 0.25) is 0 Å². The van der Waals surface area contributed by atoms with Gasteiger partial charge in [-0.15, -0.1) is 0 Å². The van der Waals surface area contributed by atoms with Crippen molar-refractivity contribution >= 4 is 10.8 Å². The highest BCUT2D eigenvalue weighted by molar-refractivity contribution is 5.82. The zero-order valence-corrected chi connectivity index (χ0v) is 13.0. The summed E-state index contributed by atoms with van der Waals surface area (Å²) in [6, 6.07) is 16.1. The first-order valence-electron chi connectivity index (χ1n) is 8.42. The van der Waals surface area contributed by atoms with Gasteiger partial charge in [-0.05, 0) is 35.2 Å². The van der Waals surface area contributed by atoms with Crippen molar-refractivity contribution in [2.45, 2.75) is 31.5 Å². The Bertz CT molecular complexity index is 638. The van der Waals surface area contributed by atoms with Crippen LogP contribution in [0.3, 0.4) is 0 Å². The van der Waals surface area contributed by atoms with Gasteiger partial charge in [-0.25, -0.2) is 0 Å². The molecule has 1 heterocycles. The second-order valence-electron chi connectivity index (χ2n) is 6.53. The minimum Gasteiger partial charge on any atom is -0.374 e. The molecule has 0 radical (unpaired) electrons. The van der Waals surface area contributed by atoms with Crippen LogP contribution in [-0.2, 0) is 11.3 Å². The van der Waals surface area contributed by atoms with Crippen LogP contribution in [0.5, 0.6) is 0 Å². The van der Waals surface area contributed by atoms with E-state index in [9.17, 15) is 0 Å². The highest BCUT2D eigenvalue weighted by Crippen LogP contribution is 2.28. The van der Waals surface area contributed by atoms with E-state index in [0.717, 1.165) is 38.8 Å². The first-order valence-corrected chi connectivity index (χ1v) is 8.42. The zero-order chi connectivity index (χ0) is 14.8. The molecule has 0 amide bonds. The van der Waals surface area contributed by atoms with Gasteiger partial charge in [-0.3, -0.25) is 4.90 Å². The summed E-state index contributed by atoms with van der Waals surface area (Å²) in [6.45, 7) is 4.95. The van der Waals surface area contributed by atoms with Crippen LogP contribution in [-0.4, -0.2) is 43.3 Å². The maximum atomic E-state index is 5.89. The number of hydrogen-bond donors (Lipinski definition) is 1. The van der Waals surface area contributed by atoms with Gasteiger partial charge in [-0.2, -0.15) is 0 Å². The van der Waals surface area contributed by atoms with E-state index in [1.165, 1.54) is 29.2 Å². The van der Waals surface area contributed by atoms with E-state index in [0.29, 0.717) is 6.10 Å². The summed E-state index contributed by atoms with van der Waals surface area (Å²) in [5.41, 5.74) is 1.34. The second-order valence-corrected chi connectivity index (χ2v) is 6.53. The summed E-state index contributed by atoms with van der Waals surface area (Å²) in [7, 11) is 0. The predicted molar refractivity (Wildman–Crippen MR) is 90.0 cm³/mol. The summed E-state index contributed by atoms with van der Waals surface area (Å²) in [5, 5.41) is 6.19. The summed E-state index contributed by atoms with van der Waals surface area (Å²) >= 11 is 0. The second kappa shape index (κ2) is 6.37. The van der Waals surface area contributed by atoms with Crippen LogP contribution in [0.1, 0.15) is 18.4 Å². The summed E-state index contributed by atoms with van der Waals surface area (Å²) < 4.78 is 5.89. The quantitative estimate of drug-likeness (QED) is 0.918. The largest absolute Gasteiger partial charge is 0.374 e. The van der Waals surface area contributed by atoms with Gasteiger partial charge >= 0.3 is 0 Å². The fraction of sp³-hybridized carbons (Fsp3) is 0.474. The van der Waals surface area contributed by atoms with Crippen molar-refractivity contribution in [3.63, 3.8) is 0 Å². The summed E-state index contributed by atoms with van der Waals surface area (Å²) in [6.07, 6.45) is 3.11. The van der Waals surface area contributed by atoms with Crippen LogP contribution >= 0.6 is 0 Å². The van der Waals surface area contributed by atoms with Crippen molar-refractivity contribution in [2.24, 2.45) is 0 Å². The average molecular weight is 296 g/mol. The molecule has 0 bridgehead atoms. The van der Waals surface area contributed by atoms with Crippen molar-refractivity contribution in [3.8, 4) is 0 Å². The van der Waals surface area contributed by atoms with Crippen LogP contribution < -0.4 is 5.32 Å². The molecular weight excluding hydrogens is 272 g/mol. The van der Waals surface area contributed by atoms with Gasteiger partial charge in [0.25, 0.3) is 0 Å². The number of rotatable bonds is 5. The van der Waals surface area contributed by atoms with E-state index in [-0.39, 0.29) is 0 Å². The monoisotopic (exact) mass is 296 g/mol. The molecular formula is C19H24N2O. The van der Waals surface area contributed by atoms with Gasteiger partial charge in [0, 0.05) is 32.2 Å². The van der Waals surface area contributed by atoms with Crippen LogP contribution in [0.15, 0.2) is 42.5 Å². The fourth-order valence-electron chi connectivity index (χ4n) is 3.36. The number of nitrogens with one attached hydrogen (secondary N) is 1. The number of benzene rings is 2. The van der Waals surface area contributed by atoms with Crippen molar-refractivity contribution in [1.82, 2.24) is 10.2 Å². The highest BCUT2D eigenvalue weighted by Gasteiger charge is 2.32. The lowest BCUT2D eigenvalue weighted by atomic mass is 10.1. The maximum Gasteiger partial charge on any atom is 0.0826 e. The predicted octanol–water partition coefficient (Wildman–Crippen LogP) is 2.79. The highest BCUT2D eigenvalue weighted by atomic mass is 16.5. The first kappa shape index (κ1) is 14.2. The Morgan fingerprint density at radius 2 is 1.95 bits per heavy atom. The van der Waals surface area contributed by atoms with E-state index in [4.69, 9.17) is 4.74 Å². The van der Waals surface area contributed by atoms with Gasteiger partial charge in [0.05, 0.1) is 12.7 Å². The lowest BCUT2D eigenvalue weighted by Gasteiger charge is -2.33. The summed E-state index contributed by atoms with van der Waals surface area (Å²) in [5.74, 6) is 0. The van der Waals surface area contributed by atoms with Crippen LogP contribution in [0.2, 0.25) is 0 Å². The molecule has 22 heavy (non-hydrogen) atoms. The third-order valence-electron chi connectivity index (χ3n) is 4.75. The van der Waals surface area contributed by atoms with Crippen molar-refractivity contribution in [1.29, 1.82) is 0 Å². The molecule has 1 aliphatic heterocycles. The number of hydrogen-bond acceptors (Lipinski definition) is 3. The minimum atomic E-state index is 0.342. The number of nitrogens with zero attached hydrogens (tertiary/aromatic N) is 1. The Labute approximate surface area is 132 Å². The molecule has 0 spiro atoms. The topological polar surface area (TPSA) is 24.5 Å². The molecule has 1 aliphatic carbocycles.